The number of hydrogen-bond donors (Lipinski definition) is 2. The second-order valence-corrected chi connectivity index (χ2v) is 4.29. The Labute approximate surface area is 113 Å². The molecule has 0 saturated carbocycles. The van der Waals surface area contributed by atoms with Crippen LogP contribution in [0.2, 0.25) is 0 Å². The molecule has 5 heteroatoms. The number of carbonyl (C=O) groups is 1. The quantitative estimate of drug-likeness (QED) is 0.779. The highest BCUT2D eigenvalue weighted by Crippen LogP contribution is 2.27. The highest BCUT2D eigenvalue weighted by molar-refractivity contribution is 6.24. The maximum absolute atomic E-state index is 11.3. The van der Waals surface area contributed by atoms with Crippen molar-refractivity contribution < 1.29 is 9.90 Å². The lowest BCUT2D eigenvalue weighted by atomic mass is 9.99. The number of carboxylic acid groups (broad SMARTS) is 1. The molecule has 1 aromatic rings. The van der Waals surface area contributed by atoms with Crippen LogP contribution in [-0.4, -0.2) is 29.1 Å². The van der Waals surface area contributed by atoms with E-state index < -0.39 is 5.97 Å². The number of hydrogen-bond acceptors (Lipinski definition) is 3. The molecule has 1 rings (SSSR count). The summed E-state index contributed by atoms with van der Waals surface area (Å²) in [5, 5.41) is 9.23. The molecular weight excluding hydrogens is 252 g/mol. The van der Waals surface area contributed by atoms with Crippen molar-refractivity contribution in [1.82, 2.24) is 4.90 Å². The molecule has 0 amide bonds. The number of nitrogens with one attached hydrogen (secondary N) is 1. The summed E-state index contributed by atoms with van der Waals surface area (Å²) in [5.74, 6) is -0.912. The molecule has 1 aromatic carbocycles. The van der Waals surface area contributed by atoms with Crippen LogP contribution < -0.4 is 4.84 Å². The third kappa shape index (κ3) is 3.15. The van der Waals surface area contributed by atoms with E-state index in [4.69, 9.17) is 11.8 Å². The van der Waals surface area contributed by atoms with Gasteiger partial charge in [-0.1, -0.05) is 13.8 Å². The molecule has 4 nitrogen and oxygen atoms in total. The van der Waals surface area contributed by atoms with E-state index in [1.165, 1.54) is 0 Å². The maximum atomic E-state index is 11.3. The number of anilines is 1. The van der Waals surface area contributed by atoms with E-state index in [-0.39, 0.29) is 6.04 Å². The van der Waals surface area contributed by atoms with Crippen molar-refractivity contribution in [3.05, 3.63) is 29.3 Å². The topological polar surface area (TPSA) is 52.6 Å². The zero-order valence-corrected chi connectivity index (χ0v) is 11.7. The van der Waals surface area contributed by atoms with E-state index in [1.807, 2.05) is 6.92 Å². The zero-order chi connectivity index (χ0) is 13.7. The summed E-state index contributed by atoms with van der Waals surface area (Å²) < 4.78 is 0. The van der Waals surface area contributed by atoms with Crippen LogP contribution in [0.15, 0.2) is 18.2 Å². The molecule has 1 atom stereocenters. The second-order valence-electron chi connectivity index (χ2n) is 4.10. The minimum atomic E-state index is -0.912. The molecule has 0 spiro atoms. The van der Waals surface area contributed by atoms with E-state index in [0.717, 1.165) is 18.7 Å². The van der Waals surface area contributed by atoms with E-state index in [9.17, 15) is 9.90 Å². The maximum Gasteiger partial charge on any atom is 0.336 e. The predicted octanol–water partition coefficient (Wildman–Crippen LogP) is 3.35. The first-order valence-corrected chi connectivity index (χ1v) is 6.40. The van der Waals surface area contributed by atoms with Crippen molar-refractivity contribution in [2.75, 3.05) is 17.9 Å². The first kappa shape index (κ1) is 14.8. The highest BCUT2D eigenvalue weighted by atomic mass is 35.5. The third-order valence-corrected chi connectivity index (χ3v) is 3.42. The van der Waals surface area contributed by atoms with Gasteiger partial charge in [-0.25, -0.2) is 4.79 Å². The van der Waals surface area contributed by atoms with Gasteiger partial charge in [0.05, 0.1) is 5.56 Å². The van der Waals surface area contributed by atoms with Crippen molar-refractivity contribution >= 4 is 23.4 Å². The molecular formula is C13H19ClN2O2. The molecule has 100 valence electrons. The zero-order valence-electron chi connectivity index (χ0n) is 10.9. The SMILES string of the molecule is CCN(CC)C(C)c1cc(NCl)ccc1C(=O)O. The Morgan fingerprint density at radius 1 is 1.44 bits per heavy atom. The highest BCUT2D eigenvalue weighted by Gasteiger charge is 2.19. The Balaban J connectivity index is 3.21. The van der Waals surface area contributed by atoms with Crippen LogP contribution in [0, 0.1) is 0 Å². The minimum absolute atomic E-state index is 0.0380. The first-order chi connectivity index (χ1) is 8.54. The standard InChI is InChI=1S/C13H19ClN2O2/c1-4-16(5-2)9(3)12-8-10(15-14)6-7-11(12)13(17)18/h6-9,15H,4-5H2,1-3H3,(H,17,18). The van der Waals surface area contributed by atoms with Gasteiger partial charge in [0.25, 0.3) is 0 Å². The van der Waals surface area contributed by atoms with Crippen LogP contribution in [0.3, 0.4) is 0 Å². The Bertz CT molecular complexity index is 419. The number of rotatable bonds is 6. The summed E-state index contributed by atoms with van der Waals surface area (Å²) in [4.78, 5) is 16.0. The lowest BCUT2D eigenvalue weighted by Gasteiger charge is -2.28. The van der Waals surface area contributed by atoms with E-state index in [1.54, 1.807) is 18.2 Å². The average Bonchev–Trinajstić information content (AvgIpc) is 2.39. The molecule has 0 aliphatic rings. The number of halogens is 1. The van der Waals surface area contributed by atoms with Gasteiger partial charge in [0.15, 0.2) is 0 Å². The summed E-state index contributed by atoms with van der Waals surface area (Å²) >= 11 is 5.57. The van der Waals surface area contributed by atoms with Crippen LogP contribution >= 0.6 is 11.8 Å². The number of carboxylic acids is 1. The van der Waals surface area contributed by atoms with Crippen molar-refractivity contribution in [3.8, 4) is 0 Å². The van der Waals surface area contributed by atoms with Gasteiger partial charge in [0.1, 0.15) is 0 Å². The van der Waals surface area contributed by atoms with Crippen LogP contribution in [0.25, 0.3) is 0 Å². The van der Waals surface area contributed by atoms with Gasteiger partial charge in [-0.15, -0.1) is 0 Å². The Morgan fingerprint density at radius 3 is 2.50 bits per heavy atom. The summed E-state index contributed by atoms with van der Waals surface area (Å²) in [6.07, 6.45) is 0. The molecule has 0 bridgehead atoms. The van der Waals surface area contributed by atoms with Gasteiger partial charge in [-0.2, -0.15) is 0 Å². The van der Waals surface area contributed by atoms with Gasteiger partial charge < -0.3 is 5.11 Å². The van der Waals surface area contributed by atoms with Crippen LogP contribution in [0.5, 0.6) is 0 Å². The van der Waals surface area contributed by atoms with Crippen molar-refractivity contribution in [2.24, 2.45) is 0 Å². The molecule has 0 aromatic heterocycles. The molecule has 0 radical (unpaired) electrons. The molecule has 0 aliphatic heterocycles. The summed E-state index contributed by atoms with van der Waals surface area (Å²) in [7, 11) is 0. The third-order valence-electron chi connectivity index (χ3n) is 3.20. The second kappa shape index (κ2) is 6.61. The molecule has 2 N–H and O–H groups in total. The van der Waals surface area contributed by atoms with E-state index in [2.05, 4.69) is 23.6 Å². The smallest absolute Gasteiger partial charge is 0.336 e. The normalized spacial score (nSPS) is 12.5. The van der Waals surface area contributed by atoms with Gasteiger partial charge in [0.2, 0.25) is 0 Å². The molecule has 1 unspecified atom stereocenters. The fraction of sp³-hybridized carbons (Fsp3) is 0.462. The number of nitrogens with zero attached hydrogens (tertiary/aromatic N) is 1. The van der Waals surface area contributed by atoms with E-state index >= 15 is 0 Å². The molecule has 0 saturated heterocycles. The molecule has 0 aliphatic carbocycles. The fourth-order valence-electron chi connectivity index (χ4n) is 2.13. The number of aromatic carboxylic acids is 1. The van der Waals surface area contributed by atoms with Gasteiger partial charge in [0, 0.05) is 23.5 Å². The average molecular weight is 271 g/mol. The first-order valence-electron chi connectivity index (χ1n) is 6.03. The molecule has 18 heavy (non-hydrogen) atoms. The fourth-order valence-corrected chi connectivity index (χ4v) is 2.25. The summed E-state index contributed by atoms with van der Waals surface area (Å²) in [5.41, 5.74) is 1.80. The number of benzene rings is 1. The molecule has 0 fully saturated rings. The Kier molecular flexibility index (Phi) is 5.44. The van der Waals surface area contributed by atoms with Gasteiger partial charge >= 0.3 is 5.97 Å². The predicted molar refractivity (Wildman–Crippen MR) is 74.2 cm³/mol. The van der Waals surface area contributed by atoms with Crippen molar-refractivity contribution in [2.45, 2.75) is 26.8 Å². The van der Waals surface area contributed by atoms with Crippen LogP contribution in [0.1, 0.15) is 42.7 Å². The van der Waals surface area contributed by atoms with Crippen LogP contribution in [0.4, 0.5) is 5.69 Å². The largest absolute Gasteiger partial charge is 0.478 e. The lowest BCUT2D eigenvalue weighted by molar-refractivity contribution is 0.0693. The molecule has 0 heterocycles. The summed E-state index contributed by atoms with van der Waals surface area (Å²) in [6.45, 7) is 7.87. The van der Waals surface area contributed by atoms with Gasteiger partial charge in [-0.05, 0) is 43.8 Å². The van der Waals surface area contributed by atoms with Crippen molar-refractivity contribution in [1.29, 1.82) is 0 Å². The van der Waals surface area contributed by atoms with Gasteiger partial charge in [-0.3, -0.25) is 9.74 Å². The minimum Gasteiger partial charge on any atom is -0.478 e. The van der Waals surface area contributed by atoms with Crippen molar-refractivity contribution in [3.63, 3.8) is 0 Å². The Morgan fingerprint density at radius 2 is 2.06 bits per heavy atom. The monoisotopic (exact) mass is 270 g/mol. The lowest BCUT2D eigenvalue weighted by Crippen LogP contribution is -2.27. The van der Waals surface area contributed by atoms with Crippen LogP contribution in [-0.2, 0) is 0 Å². The summed E-state index contributed by atoms with van der Waals surface area (Å²) in [6, 6.07) is 5.08. The van der Waals surface area contributed by atoms with E-state index in [0.29, 0.717) is 11.3 Å². The Hall–Kier alpha value is -1.26.